The number of amides is 2. The summed E-state index contributed by atoms with van der Waals surface area (Å²) in [6.45, 7) is 5.77. The summed E-state index contributed by atoms with van der Waals surface area (Å²) in [6.07, 6.45) is 7.20. The van der Waals surface area contributed by atoms with Crippen LogP contribution in [0, 0.1) is 11.3 Å². The van der Waals surface area contributed by atoms with E-state index in [1.54, 1.807) is 18.6 Å². The number of aromatic nitrogens is 3. The van der Waals surface area contributed by atoms with Crippen molar-refractivity contribution in [2.45, 2.75) is 38.8 Å². The lowest BCUT2D eigenvalue weighted by molar-refractivity contribution is -0.134. The molecule has 8 heteroatoms. The topological polar surface area (TPSA) is 94.2 Å². The fourth-order valence-corrected chi connectivity index (χ4v) is 5.79. The van der Waals surface area contributed by atoms with Crippen molar-refractivity contribution in [3.8, 4) is 0 Å². The Morgan fingerprint density at radius 1 is 1.11 bits per heavy atom. The van der Waals surface area contributed by atoms with Crippen molar-refractivity contribution in [3.05, 3.63) is 83.9 Å². The van der Waals surface area contributed by atoms with Crippen molar-refractivity contribution in [1.29, 1.82) is 0 Å². The Morgan fingerprint density at radius 3 is 2.61 bits per heavy atom. The zero-order valence-electron chi connectivity index (χ0n) is 20.8. The minimum atomic E-state index is -0.141. The summed E-state index contributed by atoms with van der Waals surface area (Å²) >= 11 is 0. The van der Waals surface area contributed by atoms with Crippen LogP contribution in [0.5, 0.6) is 0 Å². The second kappa shape index (κ2) is 10.6. The predicted molar refractivity (Wildman–Crippen MR) is 137 cm³/mol. The molecule has 5 rings (SSSR count). The first-order chi connectivity index (χ1) is 17.5. The third-order valence-corrected chi connectivity index (χ3v) is 7.84. The molecule has 3 aromatic rings. The van der Waals surface area contributed by atoms with E-state index in [2.05, 4.69) is 49.7 Å². The van der Waals surface area contributed by atoms with E-state index in [0.29, 0.717) is 19.5 Å². The zero-order chi connectivity index (χ0) is 25.0. The molecule has 2 fully saturated rings. The number of rotatable bonds is 7. The molecule has 1 aromatic carbocycles. The molecule has 0 aliphatic carbocycles. The normalized spacial score (nSPS) is 20.4. The van der Waals surface area contributed by atoms with Gasteiger partial charge in [-0.1, -0.05) is 36.4 Å². The van der Waals surface area contributed by atoms with Gasteiger partial charge in [0.05, 0.1) is 18.4 Å². The molecule has 2 N–H and O–H groups in total. The number of piperidine rings is 1. The number of likely N-dealkylation sites (tertiary alicyclic amines) is 2. The maximum absolute atomic E-state index is 13.7. The lowest BCUT2D eigenvalue weighted by Gasteiger charge is -2.42. The van der Waals surface area contributed by atoms with Gasteiger partial charge < -0.3 is 10.2 Å². The lowest BCUT2D eigenvalue weighted by Crippen LogP contribution is -2.50. The summed E-state index contributed by atoms with van der Waals surface area (Å²) in [5, 5.41) is 10.1. The van der Waals surface area contributed by atoms with Gasteiger partial charge in [0, 0.05) is 57.0 Å². The molecule has 2 aliphatic heterocycles. The van der Waals surface area contributed by atoms with Crippen molar-refractivity contribution >= 4 is 11.8 Å². The van der Waals surface area contributed by atoms with Gasteiger partial charge in [-0.3, -0.25) is 24.6 Å². The second-order valence-corrected chi connectivity index (χ2v) is 10.2. The van der Waals surface area contributed by atoms with Gasteiger partial charge in [-0.15, -0.1) is 0 Å². The molecule has 1 spiro atoms. The Morgan fingerprint density at radius 2 is 1.92 bits per heavy atom. The van der Waals surface area contributed by atoms with E-state index in [4.69, 9.17) is 0 Å². The monoisotopic (exact) mass is 486 g/mol. The van der Waals surface area contributed by atoms with Crippen LogP contribution in [0.15, 0.2) is 67.1 Å². The Hall–Kier alpha value is -3.52. The van der Waals surface area contributed by atoms with Gasteiger partial charge in [0.25, 0.3) is 0 Å². The molecule has 2 aromatic heterocycles. The summed E-state index contributed by atoms with van der Waals surface area (Å²) < 4.78 is 0. The highest BCUT2D eigenvalue weighted by Crippen LogP contribution is 2.45. The third kappa shape index (κ3) is 5.33. The van der Waals surface area contributed by atoms with E-state index in [9.17, 15) is 9.59 Å². The highest BCUT2D eigenvalue weighted by atomic mass is 16.2. The molecule has 4 heterocycles. The van der Waals surface area contributed by atoms with E-state index in [0.717, 1.165) is 43.7 Å². The number of H-pyrrole nitrogens is 1. The summed E-state index contributed by atoms with van der Waals surface area (Å²) in [7, 11) is 0. The number of nitrogens with zero attached hydrogens (tertiary/aromatic N) is 4. The van der Waals surface area contributed by atoms with Crippen LogP contribution >= 0.6 is 0 Å². The second-order valence-electron chi connectivity index (χ2n) is 10.2. The molecular formula is C28H34N6O2. The van der Waals surface area contributed by atoms with Crippen LogP contribution in [0.3, 0.4) is 0 Å². The highest BCUT2D eigenvalue weighted by molar-refractivity contribution is 5.81. The molecule has 2 unspecified atom stereocenters. The molecule has 188 valence electrons. The van der Waals surface area contributed by atoms with Crippen LogP contribution in [0.4, 0.5) is 0 Å². The van der Waals surface area contributed by atoms with Crippen LogP contribution < -0.4 is 5.32 Å². The van der Waals surface area contributed by atoms with Crippen molar-refractivity contribution < 1.29 is 9.59 Å². The molecular weight excluding hydrogens is 452 g/mol. The number of nitrogens with one attached hydrogen (secondary N) is 2. The average molecular weight is 487 g/mol. The molecule has 2 aliphatic rings. The molecule has 2 atom stereocenters. The van der Waals surface area contributed by atoms with Gasteiger partial charge in [-0.25, -0.2) is 0 Å². The number of hydrogen-bond donors (Lipinski definition) is 2. The minimum absolute atomic E-state index is 0.0964. The maximum Gasteiger partial charge on any atom is 0.228 e. The molecule has 36 heavy (non-hydrogen) atoms. The maximum atomic E-state index is 13.7. The number of carbonyl (C=O) groups is 2. The van der Waals surface area contributed by atoms with Gasteiger partial charge in [0.1, 0.15) is 0 Å². The molecule has 0 saturated carbocycles. The minimum Gasteiger partial charge on any atom is -0.349 e. The van der Waals surface area contributed by atoms with Crippen molar-refractivity contribution in [2.24, 2.45) is 11.3 Å². The van der Waals surface area contributed by atoms with Gasteiger partial charge in [0.15, 0.2) is 0 Å². The van der Waals surface area contributed by atoms with Crippen LogP contribution in [0.2, 0.25) is 0 Å². The standard InChI is InChI=1S/C28H34N6O2/c1-21(23-8-5-12-29-17-23)31-27(36)25-19-33(18-22-6-3-2-4-7-22)20-28(25)10-14-34(15-11-28)26(35)16-24-9-13-30-32-24/h2-9,12-13,17,21,25H,10-11,14-16,18-20H2,1H3,(H,30,32)(H,31,36). The molecule has 2 saturated heterocycles. The summed E-state index contributed by atoms with van der Waals surface area (Å²) in [5.41, 5.74) is 2.94. The quantitative estimate of drug-likeness (QED) is 0.536. The largest absolute Gasteiger partial charge is 0.349 e. The Kier molecular flexibility index (Phi) is 7.13. The third-order valence-electron chi connectivity index (χ3n) is 7.84. The van der Waals surface area contributed by atoms with Crippen molar-refractivity contribution in [3.63, 3.8) is 0 Å². The highest BCUT2D eigenvalue weighted by Gasteiger charge is 2.51. The SMILES string of the molecule is CC(NC(=O)C1CN(Cc2ccccc2)CC12CCN(C(=O)Cc1ccn[nH]1)CC2)c1cccnc1. The van der Waals surface area contributed by atoms with Crippen LogP contribution in [0.25, 0.3) is 0 Å². The van der Waals surface area contributed by atoms with Gasteiger partial charge in [-0.05, 0) is 48.4 Å². The lowest BCUT2D eigenvalue weighted by atomic mass is 9.70. The van der Waals surface area contributed by atoms with Gasteiger partial charge in [0.2, 0.25) is 11.8 Å². The van der Waals surface area contributed by atoms with E-state index in [1.165, 1.54) is 5.56 Å². The van der Waals surface area contributed by atoms with Crippen LogP contribution in [-0.4, -0.2) is 63.0 Å². The Labute approximate surface area is 212 Å². The van der Waals surface area contributed by atoms with Gasteiger partial charge in [-0.2, -0.15) is 5.10 Å². The number of hydrogen-bond acceptors (Lipinski definition) is 5. The van der Waals surface area contributed by atoms with Crippen LogP contribution in [0.1, 0.15) is 42.6 Å². The zero-order valence-corrected chi connectivity index (χ0v) is 20.8. The average Bonchev–Trinajstić information content (AvgIpc) is 3.53. The number of carbonyl (C=O) groups excluding carboxylic acids is 2. The first-order valence-corrected chi connectivity index (χ1v) is 12.7. The summed E-state index contributed by atoms with van der Waals surface area (Å²) in [4.78, 5) is 35.1. The first-order valence-electron chi connectivity index (χ1n) is 12.7. The van der Waals surface area contributed by atoms with E-state index in [1.807, 2.05) is 36.1 Å². The summed E-state index contributed by atoms with van der Waals surface area (Å²) in [5.74, 6) is 0.0868. The van der Waals surface area contributed by atoms with Crippen molar-refractivity contribution in [1.82, 2.24) is 30.3 Å². The number of benzene rings is 1. The fraction of sp³-hybridized carbons (Fsp3) is 0.429. The van der Waals surface area contributed by atoms with Crippen LogP contribution in [-0.2, 0) is 22.6 Å². The molecule has 0 radical (unpaired) electrons. The predicted octanol–water partition coefficient (Wildman–Crippen LogP) is 2.97. The van der Waals surface area contributed by atoms with E-state index >= 15 is 0 Å². The molecule has 0 bridgehead atoms. The Balaban J connectivity index is 1.29. The van der Waals surface area contributed by atoms with Gasteiger partial charge >= 0.3 is 0 Å². The van der Waals surface area contributed by atoms with E-state index < -0.39 is 0 Å². The first kappa shape index (κ1) is 24.2. The molecule has 8 nitrogen and oxygen atoms in total. The smallest absolute Gasteiger partial charge is 0.228 e. The number of aromatic amines is 1. The van der Waals surface area contributed by atoms with E-state index in [-0.39, 0.29) is 29.2 Å². The fourth-order valence-electron chi connectivity index (χ4n) is 5.79. The summed E-state index contributed by atoms with van der Waals surface area (Å²) in [6, 6.07) is 16.0. The number of pyridine rings is 1. The van der Waals surface area contributed by atoms with Crippen molar-refractivity contribution in [2.75, 3.05) is 26.2 Å². The molecule has 2 amide bonds. The Bertz CT molecular complexity index is 1140.